The Morgan fingerprint density at radius 3 is 2.79 bits per heavy atom. The van der Waals surface area contributed by atoms with E-state index in [1.807, 2.05) is 0 Å². The van der Waals surface area contributed by atoms with Crippen molar-refractivity contribution in [2.24, 2.45) is 0 Å². The normalized spacial score (nSPS) is 16.7. The highest BCUT2D eigenvalue weighted by Crippen LogP contribution is 2.31. The van der Waals surface area contributed by atoms with Crippen LogP contribution in [-0.4, -0.2) is 39.6 Å². The maximum absolute atomic E-state index is 13.1. The number of anilines is 1. The molecule has 0 aliphatic carbocycles. The van der Waals surface area contributed by atoms with Crippen molar-refractivity contribution in [1.29, 1.82) is 0 Å². The Labute approximate surface area is 158 Å². The van der Waals surface area contributed by atoms with Gasteiger partial charge in [0.1, 0.15) is 11.4 Å². The quantitative estimate of drug-likeness (QED) is 0.693. The average molecular weight is 384 g/mol. The monoisotopic (exact) mass is 384 g/mol. The van der Waals surface area contributed by atoms with Crippen LogP contribution in [0.5, 0.6) is 0 Å². The van der Waals surface area contributed by atoms with E-state index in [2.05, 4.69) is 10.1 Å². The second kappa shape index (κ2) is 6.91. The summed E-state index contributed by atoms with van der Waals surface area (Å²) in [5.74, 6) is -1.43. The Morgan fingerprint density at radius 2 is 2.07 bits per heavy atom. The molecular formula is C19H17FN4O4. The van der Waals surface area contributed by atoms with E-state index in [1.54, 1.807) is 6.92 Å². The van der Waals surface area contributed by atoms with Gasteiger partial charge in [0.15, 0.2) is 5.65 Å². The zero-order valence-corrected chi connectivity index (χ0v) is 15.0. The molecule has 3 heterocycles. The third-order valence-electron chi connectivity index (χ3n) is 4.69. The summed E-state index contributed by atoms with van der Waals surface area (Å²) in [5.41, 5.74) is 0.936. The SMILES string of the molecule is CCOC(=O)c1c[nH]n2c(=O)cc([C@H]3CC(=O)N(c4ccc(F)cc4)C3)nc12. The molecule has 0 unspecified atom stereocenters. The zero-order chi connectivity index (χ0) is 19.8. The number of nitrogens with one attached hydrogen (secondary N) is 1. The Kier molecular flexibility index (Phi) is 4.42. The van der Waals surface area contributed by atoms with Gasteiger partial charge < -0.3 is 9.64 Å². The number of aromatic nitrogens is 3. The lowest BCUT2D eigenvalue weighted by Gasteiger charge is -2.16. The van der Waals surface area contributed by atoms with Gasteiger partial charge in [-0.25, -0.2) is 18.7 Å². The van der Waals surface area contributed by atoms with E-state index in [0.717, 1.165) is 4.52 Å². The number of carbonyl (C=O) groups is 2. The molecule has 1 fully saturated rings. The Morgan fingerprint density at radius 1 is 1.32 bits per heavy atom. The predicted molar refractivity (Wildman–Crippen MR) is 97.9 cm³/mol. The van der Waals surface area contributed by atoms with Gasteiger partial charge in [-0.1, -0.05) is 0 Å². The molecule has 2 aromatic heterocycles. The number of aromatic amines is 1. The predicted octanol–water partition coefficient (Wildman–Crippen LogP) is 1.86. The molecule has 9 heteroatoms. The highest BCUT2D eigenvalue weighted by atomic mass is 19.1. The smallest absolute Gasteiger partial charge is 0.343 e. The van der Waals surface area contributed by atoms with Gasteiger partial charge in [0, 0.05) is 36.8 Å². The van der Waals surface area contributed by atoms with Crippen LogP contribution in [0.4, 0.5) is 10.1 Å². The number of benzene rings is 1. The van der Waals surface area contributed by atoms with E-state index in [4.69, 9.17) is 4.74 Å². The first-order valence-corrected chi connectivity index (χ1v) is 8.82. The minimum absolute atomic E-state index is 0.140. The van der Waals surface area contributed by atoms with Gasteiger partial charge in [0.05, 0.1) is 12.3 Å². The molecule has 144 valence electrons. The van der Waals surface area contributed by atoms with Gasteiger partial charge in [0.2, 0.25) is 5.91 Å². The molecule has 1 aromatic carbocycles. The molecule has 0 spiro atoms. The lowest BCUT2D eigenvalue weighted by molar-refractivity contribution is -0.117. The van der Waals surface area contributed by atoms with Crippen molar-refractivity contribution in [2.75, 3.05) is 18.1 Å². The number of halogens is 1. The van der Waals surface area contributed by atoms with E-state index < -0.39 is 5.97 Å². The van der Waals surface area contributed by atoms with Crippen LogP contribution in [-0.2, 0) is 9.53 Å². The Hall–Kier alpha value is -3.49. The molecule has 3 aromatic rings. The van der Waals surface area contributed by atoms with E-state index in [9.17, 15) is 18.8 Å². The first-order valence-electron chi connectivity index (χ1n) is 8.82. The number of H-pyrrole nitrogens is 1. The van der Waals surface area contributed by atoms with Crippen molar-refractivity contribution < 1.29 is 18.7 Å². The second-order valence-corrected chi connectivity index (χ2v) is 6.47. The third-order valence-corrected chi connectivity index (χ3v) is 4.69. The van der Waals surface area contributed by atoms with Crippen molar-refractivity contribution in [3.8, 4) is 0 Å². The number of amides is 1. The van der Waals surface area contributed by atoms with Crippen LogP contribution in [0, 0.1) is 5.82 Å². The number of hydrogen-bond acceptors (Lipinski definition) is 5. The lowest BCUT2D eigenvalue weighted by Crippen LogP contribution is -2.24. The molecule has 8 nitrogen and oxygen atoms in total. The molecule has 28 heavy (non-hydrogen) atoms. The number of esters is 1. The number of rotatable bonds is 4. The van der Waals surface area contributed by atoms with Crippen molar-refractivity contribution in [1.82, 2.24) is 14.6 Å². The summed E-state index contributed by atoms with van der Waals surface area (Å²) in [6.45, 7) is 2.20. The fraction of sp³-hybridized carbons (Fsp3) is 0.263. The van der Waals surface area contributed by atoms with Gasteiger partial charge in [-0.3, -0.25) is 14.7 Å². The highest BCUT2D eigenvalue weighted by molar-refractivity contribution is 5.97. The maximum Gasteiger partial charge on any atom is 0.343 e. The Bertz CT molecular complexity index is 1120. The number of ether oxygens (including phenoxy) is 1. The number of carbonyl (C=O) groups excluding carboxylic acids is 2. The minimum atomic E-state index is -0.583. The molecular weight excluding hydrogens is 367 g/mol. The summed E-state index contributed by atoms with van der Waals surface area (Å²) < 4.78 is 19.3. The summed E-state index contributed by atoms with van der Waals surface area (Å²) >= 11 is 0. The van der Waals surface area contributed by atoms with Crippen LogP contribution in [0.25, 0.3) is 5.65 Å². The van der Waals surface area contributed by atoms with E-state index in [1.165, 1.54) is 41.4 Å². The van der Waals surface area contributed by atoms with Gasteiger partial charge in [-0.05, 0) is 31.2 Å². The van der Waals surface area contributed by atoms with Crippen LogP contribution in [0.3, 0.4) is 0 Å². The summed E-state index contributed by atoms with van der Waals surface area (Å²) in [4.78, 5) is 42.9. The molecule has 1 atom stereocenters. The average Bonchev–Trinajstić information content (AvgIpc) is 3.27. The molecule has 1 amide bonds. The topological polar surface area (TPSA) is 96.8 Å². The van der Waals surface area contributed by atoms with E-state index in [-0.39, 0.29) is 47.4 Å². The fourth-order valence-corrected chi connectivity index (χ4v) is 3.34. The summed E-state index contributed by atoms with van der Waals surface area (Å²) in [6.07, 6.45) is 1.54. The van der Waals surface area contributed by atoms with Crippen LogP contribution >= 0.6 is 0 Å². The summed E-state index contributed by atoms with van der Waals surface area (Å²) in [7, 11) is 0. The molecule has 1 aliphatic rings. The van der Waals surface area contributed by atoms with Crippen LogP contribution in [0.2, 0.25) is 0 Å². The zero-order valence-electron chi connectivity index (χ0n) is 15.0. The van der Waals surface area contributed by atoms with Gasteiger partial charge in [-0.2, -0.15) is 0 Å². The first kappa shape index (κ1) is 17.9. The van der Waals surface area contributed by atoms with Gasteiger partial charge >= 0.3 is 5.97 Å². The number of hydrogen-bond donors (Lipinski definition) is 1. The van der Waals surface area contributed by atoms with Crippen LogP contribution < -0.4 is 10.5 Å². The molecule has 0 saturated carbocycles. The number of fused-ring (bicyclic) bond motifs is 1. The lowest BCUT2D eigenvalue weighted by atomic mass is 10.0. The van der Waals surface area contributed by atoms with E-state index in [0.29, 0.717) is 17.9 Å². The van der Waals surface area contributed by atoms with E-state index >= 15 is 0 Å². The fourth-order valence-electron chi connectivity index (χ4n) is 3.34. The molecule has 1 saturated heterocycles. The van der Waals surface area contributed by atoms with Crippen LogP contribution in [0.15, 0.2) is 41.3 Å². The molecule has 1 aliphatic heterocycles. The first-order chi connectivity index (χ1) is 13.5. The molecule has 0 radical (unpaired) electrons. The maximum atomic E-state index is 13.1. The Balaban J connectivity index is 1.68. The van der Waals surface area contributed by atoms with Gasteiger partial charge in [-0.15, -0.1) is 0 Å². The molecule has 1 N–H and O–H groups in total. The summed E-state index contributed by atoms with van der Waals surface area (Å²) in [5, 5.41) is 2.69. The van der Waals surface area contributed by atoms with Crippen molar-refractivity contribution in [3.05, 3.63) is 64.0 Å². The third kappa shape index (κ3) is 3.04. The summed E-state index contributed by atoms with van der Waals surface area (Å²) in [6, 6.07) is 7.00. The standard InChI is InChI=1S/C19H17FN4O4/c1-2-28-19(27)14-9-21-24-17(26)8-15(22-18(14)24)11-7-16(25)23(10-11)13-5-3-12(20)4-6-13/h3-6,8-9,11,21H,2,7,10H2,1H3/t11-/m0/s1. The molecule has 0 bridgehead atoms. The van der Waals surface area contributed by atoms with Crippen molar-refractivity contribution in [3.63, 3.8) is 0 Å². The van der Waals surface area contributed by atoms with Gasteiger partial charge in [0.25, 0.3) is 5.56 Å². The highest BCUT2D eigenvalue weighted by Gasteiger charge is 2.33. The van der Waals surface area contributed by atoms with Crippen molar-refractivity contribution in [2.45, 2.75) is 19.3 Å². The second-order valence-electron chi connectivity index (χ2n) is 6.47. The largest absolute Gasteiger partial charge is 0.462 e. The molecule has 4 rings (SSSR count). The van der Waals surface area contributed by atoms with Crippen LogP contribution in [0.1, 0.15) is 35.3 Å². The minimum Gasteiger partial charge on any atom is -0.462 e. The number of nitrogens with zero attached hydrogens (tertiary/aromatic N) is 3. The van der Waals surface area contributed by atoms with Crippen molar-refractivity contribution >= 4 is 23.2 Å².